The van der Waals surface area contributed by atoms with Gasteiger partial charge in [0, 0.05) is 47.2 Å². The maximum absolute atomic E-state index is 13.9. The molecule has 178 valence electrons. The summed E-state index contributed by atoms with van der Waals surface area (Å²) in [6.07, 6.45) is 7.63. The van der Waals surface area contributed by atoms with Gasteiger partial charge >= 0.3 is 0 Å². The number of pyridine rings is 1. The van der Waals surface area contributed by atoms with Crippen LogP contribution in [0.2, 0.25) is 10.0 Å². The molecule has 3 aromatic rings. The van der Waals surface area contributed by atoms with Gasteiger partial charge in [0.25, 0.3) is 0 Å². The average Bonchev–Trinajstić information content (AvgIpc) is 3.33. The van der Waals surface area contributed by atoms with Gasteiger partial charge in [-0.1, -0.05) is 29.8 Å². The summed E-state index contributed by atoms with van der Waals surface area (Å²) in [6.45, 7) is 6.58. The molecule has 0 spiro atoms. The minimum absolute atomic E-state index is 0.0462. The summed E-state index contributed by atoms with van der Waals surface area (Å²) >= 11 is 12.3. The van der Waals surface area contributed by atoms with E-state index in [0.717, 1.165) is 24.0 Å². The van der Waals surface area contributed by atoms with E-state index in [-0.39, 0.29) is 22.8 Å². The number of likely N-dealkylation sites (tertiary alicyclic amines) is 1. The summed E-state index contributed by atoms with van der Waals surface area (Å²) in [6, 6.07) is 4.59. The number of carbonyl (C=O) groups is 1. The Morgan fingerprint density at radius 3 is 2.74 bits per heavy atom. The number of aromatic nitrogens is 3. The molecule has 1 amide bonds. The third-order valence-electron chi connectivity index (χ3n) is 5.93. The molecule has 1 fully saturated rings. The zero-order valence-corrected chi connectivity index (χ0v) is 20.1. The molecule has 1 unspecified atom stereocenters. The Morgan fingerprint density at radius 1 is 1.29 bits per heavy atom. The van der Waals surface area contributed by atoms with Crippen molar-refractivity contribution in [3.05, 3.63) is 70.9 Å². The third kappa shape index (κ3) is 4.88. The fourth-order valence-corrected chi connectivity index (χ4v) is 4.72. The largest absolute Gasteiger partial charge is 0.482 e. The van der Waals surface area contributed by atoms with Crippen molar-refractivity contribution in [1.29, 1.82) is 0 Å². The summed E-state index contributed by atoms with van der Waals surface area (Å²) in [7, 11) is 0. The molecule has 1 aliphatic heterocycles. The van der Waals surface area contributed by atoms with Crippen molar-refractivity contribution < 1.29 is 13.9 Å². The van der Waals surface area contributed by atoms with E-state index < -0.39 is 11.9 Å². The van der Waals surface area contributed by atoms with Crippen LogP contribution in [-0.4, -0.2) is 38.7 Å². The Labute approximate surface area is 206 Å². The Balaban J connectivity index is 1.51. The van der Waals surface area contributed by atoms with Gasteiger partial charge in [0.1, 0.15) is 11.9 Å². The fourth-order valence-electron chi connectivity index (χ4n) is 4.04. The lowest BCUT2D eigenvalue weighted by Gasteiger charge is -2.31. The van der Waals surface area contributed by atoms with Crippen molar-refractivity contribution in [2.24, 2.45) is 0 Å². The van der Waals surface area contributed by atoms with Crippen LogP contribution in [0.1, 0.15) is 37.5 Å². The van der Waals surface area contributed by atoms with E-state index in [1.165, 1.54) is 18.2 Å². The fraction of sp³-hybridized carbons (Fsp3) is 0.292. The van der Waals surface area contributed by atoms with Crippen molar-refractivity contribution in [3.63, 3.8) is 0 Å². The van der Waals surface area contributed by atoms with E-state index in [2.05, 4.69) is 16.7 Å². The molecule has 7 nitrogen and oxygen atoms in total. The van der Waals surface area contributed by atoms with Crippen LogP contribution < -0.4 is 10.5 Å². The first-order valence-corrected chi connectivity index (χ1v) is 11.6. The number of nitrogen functional groups attached to an aromatic ring is 1. The average molecular weight is 504 g/mol. The van der Waals surface area contributed by atoms with Crippen molar-refractivity contribution in [3.8, 4) is 16.9 Å². The zero-order chi connectivity index (χ0) is 24.4. The van der Waals surface area contributed by atoms with Crippen LogP contribution in [0.5, 0.6) is 5.75 Å². The number of anilines is 1. The highest BCUT2D eigenvalue weighted by Crippen LogP contribution is 2.37. The molecule has 1 aliphatic rings. The highest BCUT2D eigenvalue weighted by atomic mass is 35.5. The number of benzene rings is 1. The molecule has 4 rings (SSSR count). The van der Waals surface area contributed by atoms with Gasteiger partial charge in [-0.05, 0) is 44.0 Å². The summed E-state index contributed by atoms with van der Waals surface area (Å²) in [5.74, 6) is -0.116. The summed E-state index contributed by atoms with van der Waals surface area (Å²) in [4.78, 5) is 17.8. The molecule has 1 atom stereocenters. The maximum Gasteiger partial charge on any atom is 0.245 e. The quantitative estimate of drug-likeness (QED) is 0.356. The van der Waals surface area contributed by atoms with Crippen LogP contribution in [0, 0.1) is 5.82 Å². The number of halogens is 3. The number of hydrogen-bond donors (Lipinski definition) is 1. The van der Waals surface area contributed by atoms with Crippen molar-refractivity contribution in [2.45, 2.75) is 31.9 Å². The van der Waals surface area contributed by atoms with Crippen LogP contribution in [0.25, 0.3) is 11.1 Å². The topological polar surface area (TPSA) is 86.3 Å². The number of rotatable bonds is 6. The molecular weight excluding hydrogens is 480 g/mol. The second-order valence-electron chi connectivity index (χ2n) is 8.09. The standard InChI is InChI=1S/C24H24Cl2FN5O2/c1-3-21(33)31-8-6-17(7-9-31)32-13-16(12-30-32)15-10-20(24(28)29-11-15)34-14(2)22-18(25)4-5-19(27)23(22)26/h3-5,10-14,17H,1,6-9H2,2H3,(H2,28,29). The second kappa shape index (κ2) is 10.0. The van der Waals surface area contributed by atoms with Gasteiger partial charge in [0.2, 0.25) is 5.91 Å². The molecule has 0 bridgehead atoms. The van der Waals surface area contributed by atoms with E-state index in [0.29, 0.717) is 29.4 Å². The lowest BCUT2D eigenvalue weighted by atomic mass is 10.1. The van der Waals surface area contributed by atoms with Crippen molar-refractivity contribution >= 4 is 34.9 Å². The van der Waals surface area contributed by atoms with Gasteiger partial charge < -0.3 is 15.4 Å². The van der Waals surface area contributed by atoms with Gasteiger partial charge in [-0.3, -0.25) is 9.48 Å². The van der Waals surface area contributed by atoms with E-state index in [1.807, 2.05) is 10.9 Å². The van der Waals surface area contributed by atoms with Gasteiger partial charge in [-0.25, -0.2) is 9.37 Å². The first-order valence-electron chi connectivity index (χ1n) is 10.8. The van der Waals surface area contributed by atoms with Gasteiger partial charge in [0.05, 0.1) is 17.3 Å². The number of nitrogens with zero attached hydrogens (tertiary/aromatic N) is 4. The Morgan fingerprint density at radius 2 is 2.03 bits per heavy atom. The highest BCUT2D eigenvalue weighted by Gasteiger charge is 2.24. The van der Waals surface area contributed by atoms with Gasteiger partial charge in [-0.15, -0.1) is 0 Å². The lowest BCUT2D eigenvalue weighted by molar-refractivity contribution is -0.127. The Bertz CT molecular complexity index is 1220. The predicted octanol–water partition coefficient (Wildman–Crippen LogP) is 5.46. The smallest absolute Gasteiger partial charge is 0.245 e. The molecule has 1 saturated heterocycles. The highest BCUT2D eigenvalue weighted by molar-refractivity contribution is 6.36. The molecule has 0 aliphatic carbocycles. The number of hydrogen-bond acceptors (Lipinski definition) is 5. The summed E-state index contributed by atoms with van der Waals surface area (Å²) in [5, 5.41) is 4.72. The number of amides is 1. The van der Waals surface area contributed by atoms with Crippen molar-refractivity contribution in [2.75, 3.05) is 18.8 Å². The lowest BCUT2D eigenvalue weighted by Crippen LogP contribution is -2.38. The van der Waals surface area contributed by atoms with E-state index in [9.17, 15) is 9.18 Å². The Hall–Kier alpha value is -3.10. The van der Waals surface area contributed by atoms with Crippen LogP contribution in [0.15, 0.2) is 49.4 Å². The second-order valence-corrected chi connectivity index (χ2v) is 8.88. The molecule has 10 heteroatoms. The number of nitrogens with two attached hydrogens (primary N) is 1. The molecule has 3 heterocycles. The van der Waals surface area contributed by atoms with Gasteiger partial charge in [0.15, 0.2) is 11.6 Å². The monoisotopic (exact) mass is 503 g/mol. The van der Waals surface area contributed by atoms with Crippen LogP contribution in [-0.2, 0) is 4.79 Å². The molecule has 0 saturated carbocycles. The van der Waals surface area contributed by atoms with Crippen LogP contribution >= 0.6 is 23.2 Å². The molecule has 1 aromatic carbocycles. The molecule has 0 radical (unpaired) electrons. The molecule has 34 heavy (non-hydrogen) atoms. The summed E-state index contributed by atoms with van der Waals surface area (Å²) in [5.41, 5.74) is 7.98. The van der Waals surface area contributed by atoms with Crippen LogP contribution in [0.3, 0.4) is 0 Å². The van der Waals surface area contributed by atoms with Crippen molar-refractivity contribution in [1.82, 2.24) is 19.7 Å². The molecule has 2 aromatic heterocycles. The molecule has 2 N–H and O–H groups in total. The molecular formula is C24H24Cl2FN5O2. The normalized spacial score (nSPS) is 15.2. The van der Waals surface area contributed by atoms with E-state index in [1.54, 1.807) is 30.3 Å². The number of piperidine rings is 1. The third-order valence-corrected chi connectivity index (χ3v) is 6.64. The number of carbonyl (C=O) groups excluding carboxylic acids is 1. The number of ether oxygens (including phenoxy) is 1. The predicted molar refractivity (Wildman–Crippen MR) is 130 cm³/mol. The first-order chi connectivity index (χ1) is 16.3. The van der Waals surface area contributed by atoms with E-state index in [4.69, 9.17) is 33.7 Å². The van der Waals surface area contributed by atoms with Gasteiger partial charge in [-0.2, -0.15) is 5.10 Å². The van der Waals surface area contributed by atoms with E-state index >= 15 is 0 Å². The van der Waals surface area contributed by atoms with Crippen LogP contribution in [0.4, 0.5) is 10.2 Å². The SMILES string of the molecule is C=CC(=O)N1CCC(n2cc(-c3cnc(N)c(OC(C)c4c(Cl)ccc(F)c4Cl)c3)cn2)CC1. The summed E-state index contributed by atoms with van der Waals surface area (Å²) < 4.78 is 21.8. The minimum Gasteiger partial charge on any atom is -0.482 e. The minimum atomic E-state index is -0.666. The first kappa shape index (κ1) is 24.0. The maximum atomic E-state index is 13.9. The zero-order valence-electron chi connectivity index (χ0n) is 18.5. The Kier molecular flexibility index (Phi) is 7.09.